The zero-order valence-electron chi connectivity index (χ0n) is 8.53. The number of methoxy groups -OCH3 is 3. The Labute approximate surface area is 82.1 Å². The van der Waals surface area contributed by atoms with Crippen LogP contribution in [0, 0.1) is 0 Å². The molecule has 0 unspecified atom stereocenters. The average molecular weight is 196 g/mol. The van der Waals surface area contributed by atoms with Crippen molar-refractivity contribution in [3.05, 3.63) is 12.8 Å². The van der Waals surface area contributed by atoms with Crippen LogP contribution in [0.2, 0.25) is 0 Å². The van der Waals surface area contributed by atoms with Gasteiger partial charge in [-0.2, -0.15) is 0 Å². The molecule has 4 nitrogen and oxygen atoms in total. The first-order chi connectivity index (χ1) is 5.72. The molecule has 0 aliphatic heterocycles. The van der Waals surface area contributed by atoms with Crippen LogP contribution in [-0.4, -0.2) is 39.8 Å². The van der Waals surface area contributed by atoms with Crippen LogP contribution in [0.5, 0.6) is 0 Å². The summed E-state index contributed by atoms with van der Waals surface area (Å²) in [6.45, 7) is 5.09. The fourth-order valence-electron chi connectivity index (χ4n) is 0.0962. The summed E-state index contributed by atoms with van der Waals surface area (Å²) in [6.07, 6.45) is 1.31. The van der Waals surface area contributed by atoms with Crippen molar-refractivity contribution in [2.75, 3.05) is 28.4 Å². The molecule has 0 saturated carbocycles. The molecule has 0 atom stereocenters. The Morgan fingerprint density at radius 3 is 1.38 bits per heavy atom. The van der Waals surface area contributed by atoms with Gasteiger partial charge in [-0.3, -0.25) is 0 Å². The molecular formula is C9H24O4. The lowest BCUT2D eigenvalue weighted by atomic mass is 10.8. The van der Waals surface area contributed by atoms with Gasteiger partial charge in [-0.1, -0.05) is 14.0 Å². The van der Waals surface area contributed by atoms with Crippen LogP contribution in [-0.2, 0) is 14.2 Å². The zero-order chi connectivity index (χ0) is 10.4. The average Bonchev–Trinajstić information content (AvgIpc) is 2.20. The lowest BCUT2D eigenvalue weighted by molar-refractivity contribution is -0.0877. The molecule has 0 bridgehead atoms. The Bertz CT molecular complexity index is 62.6. The van der Waals surface area contributed by atoms with E-state index in [9.17, 15) is 0 Å². The van der Waals surface area contributed by atoms with E-state index >= 15 is 0 Å². The first kappa shape index (κ1) is 22.8. The predicted octanol–water partition coefficient (Wildman–Crippen LogP) is 1.65. The highest BCUT2D eigenvalue weighted by atomic mass is 16.7. The van der Waals surface area contributed by atoms with Crippen LogP contribution in [0.15, 0.2) is 12.8 Å². The summed E-state index contributed by atoms with van der Waals surface area (Å²) in [5.41, 5.74) is 0. The molecule has 0 aromatic carbocycles. The number of aliphatic hydroxyl groups excluding tert-OH is 1. The SMILES string of the molecule is C.C=COC.CO.COC(C)OC. The Morgan fingerprint density at radius 1 is 1.15 bits per heavy atom. The van der Waals surface area contributed by atoms with E-state index in [0.717, 1.165) is 7.11 Å². The van der Waals surface area contributed by atoms with E-state index in [0.29, 0.717) is 0 Å². The maximum atomic E-state index is 7.00. The first-order valence-corrected chi connectivity index (χ1v) is 3.36. The smallest absolute Gasteiger partial charge is 0.154 e. The Balaban J connectivity index is -0.0000000512. The third-order valence-corrected chi connectivity index (χ3v) is 0.831. The van der Waals surface area contributed by atoms with Gasteiger partial charge in [-0.05, 0) is 6.92 Å². The number of ether oxygens (including phenoxy) is 3. The highest BCUT2D eigenvalue weighted by Gasteiger charge is 1.87. The van der Waals surface area contributed by atoms with Crippen LogP contribution in [0.1, 0.15) is 14.4 Å². The minimum atomic E-state index is -0.0648. The molecule has 0 aromatic rings. The summed E-state index contributed by atoms with van der Waals surface area (Å²) in [7, 11) is 5.77. The molecule has 1 N–H and O–H groups in total. The lowest BCUT2D eigenvalue weighted by Crippen LogP contribution is -2.05. The van der Waals surface area contributed by atoms with Gasteiger partial charge in [-0.25, -0.2) is 0 Å². The minimum Gasteiger partial charge on any atom is -0.505 e. The van der Waals surface area contributed by atoms with Crippen LogP contribution in [0.25, 0.3) is 0 Å². The fourth-order valence-corrected chi connectivity index (χ4v) is 0.0962. The highest BCUT2D eigenvalue weighted by molar-refractivity contribution is 4.43. The van der Waals surface area contributed by atoms with Crippen molar-refractivity contribution < 1.29 is 19.3 Å². The van der Waals surface area contributed by atoms with Gasteiger partial charge in [0.25, 0.3) is 0 Å². The Kier molecular flexibility index (Phi) is 52.9. The third kappa shape index (κ3) is 51.9. The van der Waals surface area contributed by atoms with E-state index < -0.39 is 0 Å². The molecule has 0 heterocycles. The molecule has 0 radical (unpaired) electrons. The molecule has 0 aliphatic carbocycles. The molecular weight excluding hydrogens is 172 g/mol. The number of hydrogen-bond donors (Lipinski definition) is 1. The Hall–Kier alpha value is -0.580. The summed E-state index contributed by atoms with van der Waals surface area (Å²) >= 11 is 0. The molecule has 0 spiro atoms. The van der Waals surface area contributed by atoms with Gasteiger partial charge in [0.05, 0.1) is 13.4 Å². The summed E-state index contributed by atoms with van der Waals surface area (Å²) in [5.74, 6) is 0. The maximum absolute atomic E-state index is 7.00. The first-order valence-electron chi connectivity index (χ1n) is 3.36. The van der Waals surface area contributed by atoms with E-state index in [1.807, 2.05) is 6.92 Å². The van der Waals surface area contributed by atoms with Gasteiger partial charge in [-0.15, -0.1) is 0 Å². The minimum absolute atomic E-state index is 0. The largest absolute Gasteiger partial charge is 0.505 e. The lowest BCUT2D eigenvalue weighted by Gasteiger charge is -2.03. The molecule has 0 saturated heterocycles. The van der Waals surface area contributed by atoms with Crippen molar-refractivity contribution in [3.8, 4) is 0 Å². The number of hydrogen-bond acceptors (Lipinski definition) is 4. The summed E-state index contributed by atoms with van der Waals surface area (Å²) in [6, 6.07) is 0. The quantitative estimate of drug-likeness (QED) is 0.550. The van der Waals surface area contributed by atoms with Crippen molar-refractivity contribution in [2.45, 2.75) is 20.6 Å². The standard InChI is InChI=1S/C4H10O2.C3H6O.CH4O.CH4/c1-4(5-2)6-3;1-3-4-2;1-2;/h4H,1-3H3;3H,1H2,2H3;2H,1H3;1H4. The van der Waals surface area contributed by atoms with Crippen LogP contribution in [0.3, 0.4) is 0 Å². The van der Waals surface area contributed by atoms with E-state index in [4.69, 9.17) is 5.11 Å². The van der Waals surface area contributed by atoms with E-state index in [1.165, 1.54) is 6.26 Å². The normalized spacial score (nSPS) is 6.69. The number of aliphatic hydroxyl groups is 1. The molecule has 4 heteroatoms. The predicted molar refractivity (Wildman–Crippen MR) is 55.6 cm³/mol. The highest BCUT2D eigenvalue weighted by Crippen LogP contribution is 1.82. The molecule has 13 heavy (non-hydrogen) atoms. The van der Waals surface area contributed by atoms with Crippen LogP contribution >= 0.6 is 0 Å². The second kappa shape index (κ2) is 30.1. The topological polar surface area (TPSA) is 47.9 Å². The van der Waals surface area contributed by atoms with E-state index in [2.05, 4.69) is 20.8 Å². The van der Waals surface area contributed by atoms with Crippen LogP contribution < -0.4 is 0 Å². The second-order valence-electron chi connectivity index (χ2n) is 1.44. The molecule has 0 aliphatic rings. The van der Waals surface area contributed by atoms with Crippen molar-refractivity contribution in [2.24, 2.45) is 0 Å². The monoisotopic (exact) mass is 196 g/mol. The van der Waals surface area contributed by atoms with Crippen molar-refractivity contribution in [3.63, 3.8) is 0 Å². The van der Waals surface area contributed by atoms with Crippen molar-refractivity contribution >= 4 is 0 Å². The van der Waals surface area contributed by atoms with Gasteiger partial charge in [0.15, 0.2) is 6.29 Å². The van der Waals surface area contributed by atoms with E-state index in [1.54, 1.807) is 21.3 Å². The fraction of sp³-hybridized carbons (Fsp3) is 0.778. The van der Waals surface area contributed by atoms with Gasteiger partial charge < -0.3 is 19.3 Å². The summed E-state index contributed by atoms with van der Waals surface area (Å²) < 4.78 is 13.7. The van der Waals surface area contributed by atoms with Gasteiger partial charge in [0.2, 0.25) is 0 Å². The molecule has 0 amide bonds. The zero-order valence-corrected chi connectivity index (χ0v) is 8.53. The second-order valence-corrected chi connectivity index (χ2v) is 1.44. The number of rotatable bonds is 3. The van der Waals surface area contributed by atoms with Crippen LogP contribution in [0.4, 0.5) is 0 Å². The molecule has 84 valence electrons. The van der Waals surface area contributed by atoms with Gasteiger partial charge in [0, 0.05) is 21.3 Å². The molecule has 0 rings (SSSR count). The maximum Gasteiger partial charge on any atom is 0.154 e. The molecule has 0 fully saturated rings. The van der Waals surface area contributed by atoms with Gasteiger partial charge >= 0.3 is 0 Å². The van der Waals surface area contributed by atoms with Crippen molar-refractivity contribution in [1.82, 2.24) is 0 Å². The molecule has 0 aromatic heterocycles. The summed E-state index contributed by atoms with van der Waals surface area (Å²) in [4.78, 5) is 0. The summed E-state index contributed by atoms with van der Waals surface area (Å²) in [5, 5.41) is 7.00. The van der Waals surface area contributed by atoms with Gasteiger partial charge in [0.1, 0.15) is 0 Å². The van der Waals surface area contributed by atoms with Crippen molar-refractivity contribution in [1.29, 1.82) is 0 Å². The third-order valence-electron chi connectivity index (χ3n) is 0.831. The Morgan fingerprint density at radius 2 is 1.38 bits per heavy atom. The van der Waals surface area contributed by atoms with E-state index in [-0.39, 0.29) is 13.7 Å².